The van der Waals surface area contributed by atoms with Crippen LogP contribution in [-0.4, -0.2) is 29.9 Å². The van der Waals surface area contributed by atoms with E-state index in [-0.39, 0.29) is 18.2 Å². The van der Waals surface area contributed by atoms with Crippen LogP contribution in [0, 0.1) is 0 Å². The molecular formula is C14H28O5. The van der Waals surface area contributed by atoms with Gasteiger partial charge >= 0.3 is 5.97 Å². The van der Waals surface area contributed by atoms with Gasteiger partial charge in [0.1, 0.15) is 5.78 Å². The first kappa shape index (κ1) is 22.8. The maximum Gasteiger partial charge on any atom is 0.302 e. The number of esters is 1. The Morgan fingerprint density at radius 3 is 1.26 bits per heavy atom. The minimum atomic E-state index is -0.250. The summed E-state index contributed by atoms with van der Waals surface area (Å²) in [6.45, 7) is 6.46. The molecule has 1 aliphatic carbocycles. The average molecular weight is 276 g/mol. The van der Waals surface area contributed by atoms with Crippen LogP contribution in [0.1, 0.15) is 66.2 Å². The van der Waals surface area contributed by atoms with Crippen LogP contribution in [0.4, 0.5) is 0 Å². The zero-order valence-corrected chi connectivity index (χ0v) is 12.6. The van der Waals surface area contributed by atoms with Crippen LogP contribution in [-0.2, 0) is 19.1 Å². The molecule has 0 amide bonds. The van der Waals surface area contributed by atoms with Crippen molar-refractivity contribution in [1.29, 1.82) is 0 Å². The molecule has 1 N–H and O–H groups in total. The molecule has 0 spiro atoms. The standard InChI is InChI=1S/C6H12.C4H8O2.C3H6O.CH2O2/c1-2-4-6-5-3-1;1-3-6-4(2)5;1-3(2)4;2-1-3/h1-6H2;3H2,1-2H3;1-2H3;1H,(H,2,3). The normalized spacial score (nSPS) is 12.0. The molecule has 1 fully saturated rings. The number of Topliss-reactive ketones (excluding diaryl/α,β-unsaturated/α-hetero) is 1. The summed E-state index contributed by atoms with van der Waals surface area (Å²) in [5.41, 5.74) is 0. The second kappa shape index (κ2) is 21.9. The van der Waals surface area contributed by atoms with Crippen molar-refractivity contribution < 1.29 is 24.2 Å². The zero-order valence-electron chi connectivity index (χ0n) is 12.6. The van der Waals surface area contributed by atoms with Crippen LogP contribution >= 0.6 is 0 Å². The third kappa shape index (κ3) is 61.2. The number of ether oxygens (including phenoxy) is 1. The molecule has 5 heteroatoms. The summed E-state index contributed by atoms with van der Waals surface area (Å²) in [5, 5.41) is 6.89. The fraction of sp³-hybridized carbons (Fsp3) is 0.786. The summed E-state index contributed by atoms with van der Waals surface area (Å²) >= 11 is 0. The molecule has 0 unspecified atom stereocenters. The van der Waals surface area contributed by atoms with Gasteiger partial charge in [-0.25, -0.2) is 0 Å². The average Bonchev–Trinajstić information content (AvgIpc) is 2.32. The van der Waals surface area contributed by atoms with Gasteiger partial charge < -0.3 is 14.6 Å². The molecular weight excluding hydrogens is 248 g/mol. The monoisotopic (exact) mass is 276 g/mol. The van der Waals surface area contributed by atoms with E-state index in [1.165, 1.54) is 59.3 Å². The van der Waals surface area contributed by atoms with Crippen molar-refractivity contribution in [3.8, 4) is 0 Å². The number of rotatable bonds is 1. The van der Waals surface area contributed by atoms with Crippen LogP contribution in [0.5, 0.6) is 0 Å². The maximum atomic E-state index is 9.82. The highest BCUT2D eigenvalue weighted by Gasteiger charge is 1.95. The summed E-state index contributed by atoms with van der Waals surface area (Å²) in [4.78, 5) is 27.6. The highest BCUT2D eigenvalue weighted by atomic mass is 16.5. The lowest BCUT2D eigenvalue weighted by Crippen LogP contribution is -1.95. The number of hydrogen-bond donors (Lipinski definition) is 1. The van der Waals surface area contributed by atoms with E-state index in [1.54, 1.807) is 6.92 Å². The molecule has 1 saturated carbocycles. The second-order valence-corrected chi connectivity index (χ2v) is 4.06. The summed E-state index contributed by atoms with van der Waals surface area (Å²) in [5.74, 6) is -0.0440. The van der Waals surface area contributed by atoms with E-state index >= 15 is 0 Å². The molecule has 1 rings (SSSR count). The summed E-state index contributed by atoms with van der Waals surface area (Å²) in [6.07, 6.45) is 9.00. The van der Waals surface area contributed by atoms with Gasteiger partial charge in [-0.15, -0.1) is 0 Å². The van der Waals surface area contributed by atoms with Gasteiger partial charge in [-0.2, -0.15) is 0 Å². The lowest BCUT2D eigenvalue weighted by Gasteiger charge is -2.05. The fourth-order valence-corrected chi connectivity index (χ4v) is 1.26. The van der Waals surface area contributed by atoms with E-state index in [2.05, 4.69) is 4.74 Å². The number of carbonyl (C=O) groups excluding carboxylic acids is 2. The Labute approximate surface area is 116 Å². The Hall–Kier alpha value is -1.39. The molecule has 114 valence electrons. The molecule has 0 aliphatic heterocycles. The lowest BCUT2D eigenvalue weighted by molar-refractivity contribution is -0.140. The predicted octanol–water partition coefficient (Wildman–Crippen LogP) is 3.21. The second-order valence-electron chi connectivity index (χ2n) is 4.06. The third-order valence-corrected chi connectivity index (χ3v) is 1.85. The van der Waals surface area contributed by atoms with Gasteiger partial charge in [-0.05, 0) is 20.8 Å². The molecule has 0 atom stereocenters. The lowest BCUT2D eigenvalue weighted by atomic mass is 10.0. The van der Waals surface area contributed by atoms with E-state index in [9.17, 15) is 9.59 Å². The van der Waals surface area contributed by atoms with Crippen LogP contribution in [0.15, 0.2) is 0 Å². The fourth-order valence-electron chi connectivity index (χ4n) is 1.26. The topological polar surface area (TPSA) is 80.7 Å². The summed E-state index contributed by atoms with van der Waals surface area (Å²) in [7, 11) is 0. The molecule has 0 aromatic carbocycles. The predicted molar refractivity (Wildman–Crippen MR) is 75.1 cm³/mol. The van der Waals surface area contributed by atoms with Crippen molar-refractivity contribution in [3.05, 3.63) is 0 Å². The Morgan fingerprint density at radius 1 is 1.00 bits per heavy atom. The molecule has 0 bridgehead atoms. The minimum Gasteiger partial charge on any atom is -0.483 e. The van der Waals surface area contributed by atoms with Crippen molar-refractivity contribution in [2.45, 2.75) is 66.2 Å². The molecule has 5 nitrogen and oxygen atoms in total. The van der Waals surface area contributed by atoms with E-state index in [0.717, 1.165) is 0 Å². The van der Waals surface area contributed by atoms with Gasteiger partial charge in [0.15, 0.2) is 0 Å². The van der Waals surface area contributed by atoms with Crippen LogP contribution in [0.2, 0.25) is 0 Å². The van der Waals surface area contributed by atoms with Crippen molar-refractivity contribution in [2.75, 3.05) is 6.61 Å². The molecule has 0 radical (unpaired) electrons. The maximum absolute atomic E-state index is 9.82. The first-order valence-electron chi connectivity index (χ1n) is 6.60. The smallest absolute Gasteiger partial charge is 0.302 e. The highest BCUT2D eigenvalue weighted by Crippen LogP contribution is 2.15. The number of carbonyl (C=O) groups is 3. The molecule has 1 aliphatic rings. The van der Waals surface area contributed by atoms with Gasteiger partial charge in [0.25, 0.3) is 6.47 Å². The van der Waals surface area contributed by atoms with Crippen molar-refractivity contribution in [3.63, 3.8) is 0 Å². The van der Waals surface area contributed by atoms with E-state index < -0.39 is 0 Å². The number of ketones is 1. The molecule has 19 heavy (non-hydrogen) atoms. The van der Waals surface area contributed by atoms with Crippen LogP contribution in [0.25, 0.3) is 0 Å². The number of carboxylic acid groups (broad SMARTS) is 1. The summed E-state index contributed by atoms with van der Waals surface area (Å²) in [6, 6.07) is 0. The Balaban J connectivity index is -0.000000187. The molecule has 0 aromatic rings. The Bertz CT molecular complexity index is 194. The molecule has 0 saturated heterocycles. The van der Waals surface area contributed by atoms with Crippen LogP contribution in [0.3, 0.4) is 0 Å². The highest BCUT2D eigenvalue weighted by molar-refractivity contribution is 5.72. The Morgan fingerprint density at radius 2 is 1.21 bits per heavy atom. The Kier molecular flexibility index (Phi) is 26.2. The van der Waals surface area contributed by atoms with Gasteiger partial charge in [-0.3, -0.25) is 9.59 Å². The van der Waals surface area contributed by atoms with Crippen molar-refractivity contribution in [1.82, 2.24) is 0 Å². The van der Waals surface area contributed by atoms with Crippen LogP contribution < -0.4 is 0 Å². The van der Waals surface area contributed by atoms with Gasteiger partial charge in [-0.1, -0.05) is 38.5 Å². The first-order valence-corrected chi connectivity index (χ1v) is 6.60. The number of hydrogen-bond acceptors (Lipinski definition) is 4. The SMILES string of the molecule is C1CCCCC1.CC(C)=O.CCOC(C)=O.O=CO. The van der Waals surface area contributed by atoms with Gasteiger partial charge in [0.05, 0.1) is 6.61 Å². The van der Waals surface area contributed by atoms with Crippen molar-refractivity contribution >= 4 is 18.2 Å². The molecule has 0 heterocycles. The van der Waals surface area contributed by atoms with E-state index in [1.807, 2.05) is 0 Å². The largest absolute Gasteiger partial charge is 0.483 e. The quantitative estimate of drug-likeness (QED) is 0.587. The first-order chi connectivity index (χ1) is 8.92. The minimum absolute atomic E-state index is 0.167. The van der Waals surface area contributed by atoms with E-state index in [4.69, 9.17) is 9.90 Å². The van der Waals surface area contributed by atoms with Gasteiger partial charge in [0.2, 0.25) is 0 Å². The van der Waals surface area contributed by atoms with Gasteiger partial charge in [0, 0.05) is 6.92 Å². The summed E-state index contributed by atoms with van der Waals surface area (Å²) < 4.78 is 4.40. The molecule has 0 aromatic heterocycles. The third-order valence-electron chi connectivity index (χ3n) is 1.85. The zero-order chi connectivity index (χ0) is 15.5. The van der Waals surface area contributed by atoms with E-state index in [0.29, 0.717) is 6.61 Å². The van der Waals surface area contributed by atoms with Crippen molar-refractivity contribution in [2.24, 2.45) is 0 Å².